The summed E-state index contributed by atoms with van der Waals surface area (Å²) in [6.45, 7) is 4.80. The first-order valence-electron chi connectivity index (χ1n) is 6.19. The molecule has 3 nitrogen and oxygen atoms in total. The molecule has 0 heterocycles. The molecule has 0 unspecified atom stereocenters. The number of rotatable bonds is 4. The van der Waals surface area contributed by atoms with Crippen molar-refractivity contribution in [1.82, 2.24) is 4.90 Å². The summed E-state index contributed by atoms with van der Waals surface area (Å²) in [6, 6.07) is 4.71. The van der Waals surface area contributed by atoms with Crippen LogP contribution in [0, 0.1) is 17.7 Å². The van der Waals surface area contributed by atoms with E-state index >= 15 is 0 Å². The SMILES string of the molecule is CN(Cc1cc(F)cc(C#CCN)c1)CC(C)(C)O. The zero-order chi connectivity index (χ0) is 14.5. The van der Waals surface area contributed by atoms with Gasteiger partial charge in [0.25, 0.3) is 0 Å². The largest absolute Gasteiger partial charge is 0.389 e. The maximum Gasteiger partial charge on any atom is 0.124 e. The highest BCUT2D eigenvalue weighted by Gasteiger charge is 2.15. The molecule has 1 rings (SSSR count). The zero-order valence-corrected chi connectivity index (χ0v) is 11.7. The number of aliphatic hydroxyl groups is 1. The standard InChI is InChI=1S/C15H21FN2O/c1-15(2,19)11-18(3)10-13-7-12(5-4-6-17)8-14(16)9-13/h7-9,19H,6,10-11,17H2,1-3H3. The number of likely N-dealkylation sites (N-methyl/N-ethyl adjacent to an activating group) is 1. The average Bonchev–Trinajstić information content (AvgIpc) is 2.22. The van der Waals surface area contributed by atoms with Crippen molar-refractivity contribution in [2.75, 3.05) is 20.1 Å². The van der Waals surface area contributed by atoms with Gasteiger partial charge in [-0.1, -0.05) is 11.8 Å². The summed E-state index contributed by atoms with van der Waals surface area (Å²) in [5.41, 5.74) is 5.97. The lowest BCUT2D eigenvalue weighted by Gasteiger charge is -2.25. The summed E-state index contributed by atoms with van der Waals surface area (Å²) in [5, 5.41) is 9.74. The second-order valence-corrected chi connectivity index (χ2v) is 5.34. The van der Waals surface area contributed by atoms with Gasteiger partial charge in [-0.15, -0.1) is 0 Å². The predicted molar refractivity (Wildman–Crippen MR) is 75.0 cm³/mol. The molecule has 0 atom stereocenters. The summed E-state index contributed by atoms with van der Waals surface area (Å²) in [5.74, 6) is 5.22. The van der Waals surface area contributed by atoms with Crippen LogP contribution in [0.4, 0.5) is 4.39 Å². The molecule has 3 N–H and O–H groups in total. The molecule has 0 aliphatic heterocycles. The lowest BCUT2D eigenvalue weighted by Crippen LogP contribution is -2.35. The van der Waals surface area contributed by atoms with Gasteiger partial charge in [-0.25, -0.2) is 4.39 Å². The molecule has 0 saturated heterocycles. The van der Waals surface area contributed by atoms with Crippen LogP contribution in [0.3, 0.4) is 0 Å². The van der Waals surface area contributed by atoms with Crippen LogP contribution >= 0.6 is 0 Å². The number of hydrogen-bond acceptors (Lipinski definition) is 3. The first-order chi connectivity index (χ1) is 8.80. The van der Waals surface area contributed by atoms with Crippen molar-refractivity contribution in [2.45, 2.75) is 26.0 Å². The van der Waals surface area contributed by atoms with Gasteiger partial charge < -0.3 is 10.8 Å². The second kappa shape index (κ2) is 6.67. The minimum absolute atomic E-state index is 0.254. The molecule has 0 aliphatic rings. The number of benzene rings is 1. The van der Waals surface area contributed by atoms with E-state index in [4.69, 9.17) is 5.73 Å². The summed E-state index contributed by atoms with van der Waals surface area (Å²) in [6.07, 6.45) is 0. The normalized spacial score (nSPS) is 11.3. The molecule has 1 aromatic carbocycles. The van der Waals surface area contributed by atoms with Crippen LogP contribution < -0.4 is 5.73 Å². The highest BCUT2D eigenvalue weighted by molar-refractivity contribution is 5.38. The predicted octanol–water partition coefficient (Wildman–Crippen LogP) is 1.34. The van der Waals surface area contributed by atoms with Gasteiger partial charge in [0.2, 0.25) is 0 Å². The van der Waals surface area contributed by atoms with E-state index in [2.05, 4.69) is 11.8 Å². The van der Waals surface area contributed by atoms with Crippen molar-refractivity contribution < 1.29 is 9.50 Å². The molecule has 0 aliphatic carbocycles. The number of hydrogen-bond donors (Lipinski definition) is 2. The molecule has 19 heavy (non-hydrogen) atoms. The minimum atomic E-state index is -0.774. The second-order valence-electron chi connectivity index (χ2n) is 5.34. The van der Waals surface area contributed by atoms with E-state index in [1.165, 1.54) is 12.1 Å². The quantitative estimate of drug-likeness (QED) is 0.807. The molecule has 0 bridgehead atoms. The zero-order valence-electron chi connectivity index (χ0n) is 11.7. The van der Waals surface area contributed by atoms with Gasteiger partial charge in [0.15, 0.2) is 0 Å². The van der Waals surface area contributed by atoms with Gasteiger partial charge in [-0.05, 0) is 44.7 Å². The molecule has 4 heteroatoms. The van der Waals surface area contributed by atoms with Crippen LogP contribution in [-0.4, -0.2) is 35.7 Å². The number of nitrogens with two attached hydrogens (primary N) is 1. The highest BCUT2D eigenvalue weighted by Crippen LogP contribution is 2.12. The van der Waals surface area contributed by atoms with Crippen molar-refractivity contribution in [3.8, 4) is 11.8 Å². The van der Waals surface area contributed by atoms with Crippen LogP contribution in [0.5, 0.6) is 0 Å². The van der Waals surface area contributed by atoms with E-state index in [1.54, 1.807) is 13.8 Å². The molecular weight excluding hydrogens is 243 g/mol. The van der Waals surface area contributed by atoms with Crippen molar-refractivity contribution in [2.24, 2.45) is 5.73 Å². The Morgan fingerprint density at radius 3 is 2.63 bits per heavy atom. The van der Waals surface area contributed by atoms with Gasteiger partial charge in [-0.2, -0.15) is 0 Å². The third-order valence-corrected chi connectivity index (χ3v) is 2.40. The molecule has 104 valence electrons. The van der Waals surface area contributed by atoms with Crippen LogP contribution in [0.1, 0.15) is 25.0 Å². The molecule has 0 amide bonds. The van der Waals surface area contributed by atoms with Crippen LogP contribution in [0.15, 0.2) is 18.2 Å². The van der Waals surface area contributed by atoms with Gasteiger partial charge >= 0.3 is 0 Å². The fraction of sp³-hybridized carbons (Fsp3) is 0.467. The first-order valence-corrected chi connectivity index (χ1v) is 6.19. The third kappa shape index (κ3) is 6.35. The van der Waals surface area contributed by atoms with E-state index in [0.29, 0.717) is 18.7 Å². The maximum absolute atomic E-state index is 13.5. The number of halogens is 1. The first kappa shape index (κ1) is 15.6. The summed E-state index contributed by atoms with van der Waals surface area (Å²) < 4.78 is 13.5. The Labute approximate surface area is 114 Å². The Balaban J connectivity index is 2.81. The minimum Gasteiger partial charge on any atom is -0.389 e. The molecule has 0 fully saturated rings. The van der Waals surface area contributed by atoms with Crippen molar-refractivity contribution in [3.63, 3.8) is 0 Å². The summed E-state index contributed by atoms with van der Waals surface area (Å²) in [7, 11) is 1.88. The van der Waals surface area contributed by atoms with E-state index in [1.807, 2.05) is 18.0 Å². The van der Waals surface area contributed by atoms with Gasteiger partial charge in [-0.3, -0.25) is 4.90 Å². The van der Waals surface area contributed by atoms with Gasteiger partial charge in [0.1, 0.15) is 5.82 Å². The third-order valence-electron chi connectivity index (χ3n) is 2.40. The molecule has 0 spiro atoms. The smallest absolute Gasteiger partial charge is 0.124 e. The lowest BCUT2D eigenvalue weighted by molar-refractivity contribution is 0.0425. The van der Waals surface area contributed by atoms with Gasteiger partial charge in [0.05, 0.1) is 12.1 Å². The van der Waals surface area contributed by atoms with Crippen LogP contribution in [-0.2, 0) is 6.54 Å². The topological polar surface area (TPSA) is 49.5 Å². The Hall–Kier alpha value is -1.41. The maximum atomic E-state index is 13.5. The molecular formula is C15H21FN2O. The van der Waals surface area contributed by atoms with Gasteiger partial charge in [0, 0.05) is 18.7 Å². The van der Waals surface area contributed by atoms with Crippen molar-refractivity contribution >= 4 is 0 Å². The fourth-order valence-corrected chi connectivity index (χ4v) is 2.00. The summed E-state index contributed by atoms with van der Waals surface area (Å²) >= 11 is 0. The average molecular weight is 264 g/mol. The van der Waals surface area contributed by atoms with Crippen LogP contribution in [0.2, 0.25) is 0 Å². The van der Waals surface area contributed by atoms with E-state index in [0.717, 1.165) is 5.56 Å². The Kier molecular flexibility index (Phi) is 5.49. The summed E-state index contributed by atoms with van der Waals surface area (Å²) in [4.78, 5) is 1.94. The van der Waals surface area contributed by atoms with Crippen molar-refractivity contribution in [1.29, 1.82) is 0 Å². The van der Waals surface area contributed by atoms with E-state index < -0.39 is 5.60 Å². The van der Waals surface area contributed by atoms with Crippen LogP contribution in [0.25, 0.3) is 0 Å². The van der Waals surface area contributed by atoms with E-state index in [9.17, 15) is 9.50 Å². The Morgan fingerprint density at radius 2 is 2.05 bits per heavy atom. The van der Waals surface area contributed by atoms with E-state index in [-0.39, 0.29) is 12.4 Å². The lowest BCUT2D eigenvalue weighted by atomic mass is 10.1. The Bertz CT molecular complexity index is 483. The monoisotopic (exact) mass is 264 g/mol. The Morgan fingerprint density at radius 1 is 1.37 bits per heavy atom. The molecule has 0 aromatic heterocycles. The highest BCUT2D eigenvalue weighted by atomic mass is 19.1. The fourth-order valence-electron chi connectivity index (χ4n) is 2.00. The van der Waals surface area contributed by atoms with Crippen molar-refractivity contribution in [3.05, 3.63) is 35.1 Å². The molecule has 0 radical (unpaired) electrons. The number of nitrogens with zero attached hydrogens (tertiary/aromatic N) is 1. The molecule has 0 saturated carbocycles. The molecule has 1 aromatic rings.